The summed E-state index contributed by atoms with van der Waals surface area (Å²) in [5, 5.41) is 8.75. The van der Waals surface area contributed by atoms with Crippen LogP contribution >= 0.6 is 0 Å². The summed E-state index contributed by atoms with van der Waals surface area (Å²) in [5.41, 5.74) is -1.09. The second-order valence-electron chi connectivity index (χ2n) is 4.60. The zero-order valence-electron chi connectivity index (χ0n) is 11.7. The number of benzene rings is 1. The third kappa shape index (κ3) is 4.38. The second kappa shape index (κ2) is 6.39. The van der Waals surface area contributed by atoms with Gasteiger partial charge in [0.1, 0.15) is 11.4 Å². The van der Waals surface area contributed by atoms with Gasteiger partial charge in [-0.2, -0.15) is 18.4 Å². The van der Waals surface area contributed by atoms with Gasteiger partial charge >= 0.3 is 12.5 Å². The molecule has 0 radical (unpaired) electrons. The fourth-order valence-electron chi connectivity index (χ4n) is 1.99. The van der Waals surface area contributed by atoms with Crippen molar-refractivity contribution in [1.29, 1.82) is 5.26 Å². The Morgan fingerprint density at radius 2 is 1.75 bits per heavy atom. The van der Waals surface area contributed by atoms with E-state index >= 15 is 0 Å². The first-order valence-electron chi connectivity index (χ1n) is 6.40. The molecule has 0 aliphatic carbocycles. The molecule has 0 spiro atoms. The third-order valence-corrected chi connectivity index (χ3v) is 2.89. The fraction of sp³-hybridized carbons (Fsp3) is 0.200. The number of halogens is 6. The zero-order chi connectivity index (χ0) is 18.0. The van der Waals surface area contributed by atoms with Crippen LogP contribution in [-0.2, 0) is 12.6 Å². The number of nitriles is 1. The summed E-state index contributed by atoms with van der Waals surface area (Å²) >= 11 is 0. The van der Waals surface area contributed by atoms with Crippen LogP contribution in [0.25, 0.3) is 11.1 Å². The van der Waals surface area contributed by atoms with Crippen molar-refractivity contribution in [2.45, 2.75) is 19.0 Å². The second-order valence-corrected chi connectivity index (χ2v) is 4.60. The Morgan fingerprint density at radius 3 is 2.33 bits per heavy atom. The number of aromatic nitrogens is 1. The highest BCUT2D eigenvalue weighted by molar-refractivity contribution is 5.68. The molecule has 2 rings (SSSR count). The lowest BCUT2D eigenvalue weighted by Crippen LogP contribution is -2.17. The highest BCUT2D eigenvalue weighted by Gasteiger charge is 2.33. The Morgan fingerprint density at radius 1 is 1.04 bits per heavy atom. The Labute approximate surface area is 132 Å². The average Bonchev–Trinajstić information content (AvgIpc) is 2.45. The van der Waals surface area contributed by atoms with Gasteiger partial charge in [0.15, 0.2) is 0 Å². The van der Waals surface area contributed by atoms with Crippen LogP contribution in [0.3, 0.4) is 0 Å². The topological polar surface area (TPSA) is 45.9 Å². The molecule has 1 aromatic carbocycles. The molecule has 9 heteroatoms. The van der Waals surface area contributed by atoms with Crippen LogP contribution < -0.4 is 4.74 Å². The lowest BCUT2D eigenvalue weighted by Gasteiger charge is -2.13. The molecule has 0 fully saturated rings. The van der Waals surface area contributed by atoms with Crippen molar-refractivity contribution >= 4 is 0 Å². The largest absolute Gasteiger partial charge is 0.573 e. The predicted molar refractivity (Wildman–Crippen MR) is 70.7 cm³/mol. The number of hydrogen-bond acceptors (Lipinski definition) is 3. The minimum atomic E-state index is -4.90. The first-order chi connectivity index (χ1) is 11.1. The number of pyridine rings is 1. The van der Waals surface area contributed by atoms with Crippen molar-refractivity contribution in [3.63, 3.8) is 0 Å². The van der Waals surface area contributed by atoms with Gasteiger partial charge in [-0.15, -0.1) is 13.2 Å². The molecule has 0 atom stereocenters. The van der Waals surface area contributed by atoms with E-state index in [4.69, 9.17) is 5.26 Å². The van der Waals surface area contributed by atoms with Gasteiger partial charge in [-0.3, -0.25) is 0 Å². The first kappa shape index (κ1) is 17.6. The Bertz CT molecular complexity index is 777. The van der Waals surface area contributed by atoms with E-state index in [-0.39, 0.29) is 16.8 Å². The lowest BCUT2D eigenvalue weighted by atomic mass is 10.0. The summed E-state index contributed by atoms with van der Waals surface area (Å²) in [6.45, 7) is 0. The first-order valence-corrected chi connectivity index (χ1v) is 6.40. The molecule has 0 unspecified atom stereocenters. The lowest BCUT2D eigenvalue weighted by molar-refractivity contribution is -0.274. The molecule has 0 aliphatic rings. The number of hydrogen-bond donors (Lipinski definition) is 0. The number of rotatable bonds is 3. The minimum Gasteiger partial charge on any atom is -0.406 e. The van der Waals surface area contributed by atoms with Crippen molar-refractivity contribution in [1.82, 2.24) is 4.98 Å². The average molecular weight is 346 g/mol. The van der Waals surface area contributed by atoms with E-state index in [1.54, 1.807) is 6.07 Å². The minimum absolute atomic E-state index is 0.122. The molecule has 24 heavy (non-hydrogen) atoms. The van der Waals surface area contributed by atoms with Gasteiger partial charge in [-0.25, -0.2) is 4.98 Å². The summed E-state index contributed by atoms with van der Waals surface area (Å²) in [4.78, 5) is 3.40. The maximum absolute atomic E-state index is 12.7. The molecule has 0 bridgehead atoms. The van der Waals surface area contributed by atoms with Crippen molar-refractivity contribution in [3.05, 3.63) is 47.8 Å². The van der Waals surface area contributed by atoms with Gasteiger partial charge in [0, 0.05) is 5.56 Å². The van der Waals surface area contributed by atoms with E-state index in [9.17, 15) is 26.3 Å². The van der Waals surface area contributed by atoms with Gasteiger partial charge in [-0.1, -0.05) is 18.2 Å². The standard InChI is InChI=1S/C15H8F6N2O/c16-14(17,18)13-5-4-11(12(23-13)6-7-22)9-2-1-3-10(8-9)24-15(19,20)21/h1-5,8H,6H2. The van der Waals surface area contributed by atoms with Gasteiger partial charge in [0.2, 0.25) is 0 Å². The highest BCUT2D eigenvalue weighted by atomic mass is 19.4. The van der Waals surface area contributed by atoms with Crippen LogP contribution in [0.2, 0.25) is 0 Å². The SMILES string of the molecule is N#CCc1nc(C(F)(F)F)ccc1-c1cccc(OC(F)(F)F)c1. The molecule has 126 valence electrons. The monoisotopic (exact) mass is 346 g/mol. The Balaban J connectivity index is 2.48. The van der Waals surface area contributed by atoms with E-state index in [1.807, 2.05) is 0 Å². The normalized spacial score (nSPS) is 11.9. The van der Waals surface area contributed by atoms with Crippen molar-refractivity contribution < 1.29 is 31.1 Å². The highest BCUT2D eigenvalue weighted by Crippen LogP contribution is 2.33. The molecule has 3 nitrogen and oxygen atoms in total. The molecule has 1 aromatic heterocycles. The van der Waals surface area contributed by atoms with E-state index in [0.29, 0.717) is 6.07 Å². The fourth-order valence-corrected chi connectivity index (χ4v) is 1.99. The van der Waals surface area contributed by atoms with Crippen LogP contribution in [0, 0.1) is 11.3 Å². The summed E-state index contributed by atoms with van der Waals surface area (Å²) in [7, 11) is 0. The molecule has 0 N–H and O–H groups in total. The Kier molecular flexibility index (Phi) is 4.68. The molecule has 0 saturated carbocycles. The smallest absolute Gasteiger partial charge is 0.406 e. The number of ether oxygens (including phenoxy) is 1. The predicted octanol–water partition coefficient (Wildman–Crippen LogP) is 4.73. The molecular weight excluding hydrogens is 338 g/mol. The maximum Gasteiger partial charge on any atom is 0.573 e. The summed E-state index contributed by atoms with van der Waals surface area (Å²) in [6, 6.07) is 8.16. The van der Waals surface area contributed by atoms with Crippen LogP contribution in [-0.4, -0.2) is 11.3 Å². The molecule has 0 aliphatic heterocycles. The zero-order valence-corrected chi connectivity index (χ0v) is 11.7. The van der Waals surface area contributed by atoms with E-state index in [0.717, 1.165) is 18.2 Å². The van der Waals surface area contributed by atoms with Gasteiger partial charge in [0.25, 0.3) is 0 Å². The molecule has 0 saturated heterocycles. The molecule has 0 amide bonds. The van der Waals surface area contributed by atoms with Crippen molar-refractivity contribution in [2.75, 3.05) is 0 Å². The third-order valence-electron chi connectivity index (χ3n) is 2.89. The number of nitrogens with zero attached hydrogens (tertiary/aromatic N) is 2. The summed E-state index contributed by atoms with van der Waals surface area (Å²) < 4.78 is 78.7. The Hall–Kier alpha value is -2.76. The van der Waals surface area contributed by atoms with Crippen LogP contribution in [0.5, 0.6) is 5.75 Å². The number of alkyl halides is 6. The molecule has 1 heterocycles. The van der Waals surface area contributed by atoms with E-state index < -0.39 is 30.4 Å². The summed E-state index contributed by atoms with van der Waals surface area (Å²) in [5.74, 6) is -0.525. The van der Waals surface area contributed by atoms with Crippen LogP contribution in [0.4, 0.5) is 26.3 Å². The van der Waals surface area contributed by atoms with Gasteiger partial charge < -0.3 is 4.74 Å². The van der Waals surface area contributed by atoms with Crippen LogP contribution in [0.15, 0.2) is 36.4 Å². The van der Waals surface area contributed by atoms with Crippen molar-refractivity contribution in [3.8, 4) is 22.9 Å². The van der Waals surface area contributed by atoms with Gasteiger partial charge in [-0.05, 0) is 23.8 Å². The quantitative estimate of drug-likeness (QED) is 0.755. The van der Waals surface area contributed by atoms with Gasteiger partial charge in [0.05, 0.1) is 18.2 Å². The maximum atomic E-state index is 12.7. The van der Waals surface area contributed by atoms with Crippen LogP contribution in [0.1, 0.15) is 11.4 Å². The molecule has 2 aromatic rings. The summed E-state index contributed by atoms with van der Waals surface area (Å²) in [6.07, 6.45) is -10.0. The molecular formula is C15H8F6N2O. The van der Waals surface area contributed by atoms with Crippen molar-refractivity contribution in [2.24, 2.45) is 0 Å². The van der Waals surface area contributed by atoms with E-state index in [1.165, 1.54) is 12.1 Å². The van der Waals surface area contributed by atoms with E-state index in [2.05, 4.69) is 9.72 Å².